The van der Waals surface area contributed by atoms with Gasteiger partial charge in [0.15, 0.2) is 0 Å². The number of rotatable bonds is 6. The van der Waals surface area contributed by atoms with E-state index in [2.05, 4.69) is 0 Å². The zero-order valence-corrected chi connectivity index (χ0v) is 20.6. The van der Waals surface area contributed by atoms with Crippen LogP contribution in [0.3, 0.4) is 0 Å². The van der Waals surface area contributed by atoms with Crippen molar-refractivity contribution in [1.82, 2.24) is 0 Å². The van der Waals surface area contributed by atoms with Crippen LogP contribution in [0.25, 0.3) is 11.1 Å². The zero-order chi connectivity index (χ0) is 24.6. The number of nitrogens with two attached hydrogens (primary N) is 2. The maximum Gasteiger partial charge on any atom is 0.306 e. The number of hydrogen-bond donors (Lipinski definition) is 2. The summed E-state index contributed by atoms with van der Waals surface area (Å²) in [6, 6.07) is 11.7. The van der Waals surface area contributed by atoms with Gasteiger partial charge in [0.05, 0.1) is 0 Å². The molecule has 178 valence electrons. The average molecular weight is 453 g/mol. The number of anilines is 2. The van der Waals surface area contributed by atoms with Crippen molar-refractivity contribution in [2.75, 3.05) is 11.5 Å². The topological polar surface area (TPSA) is 105 Å². The Morgan fingerprint density at radius 3 is 1.42 bits per heavy atom. The van der Waals surface area contributed by atoms with E-state index in [0.717, 1.165) is 22.3 Å². The third-order valence-electron chi connectivity index (χ3n) is 5.76. The Morgan fingerprint density at radius 2 is 1.09 bits per heavy atom. The van der Waals surface area contributed by atoms with Crippen molar-refractivity contribution in [1.29, 1.82) is 0 Å². The van der Waals surface area contributed by atoms with Gasteiger partial charge in [0, 0.05) is 29.6 Å². The van der Waals surface area contributed by atoms with Gasteiger partial charge in [-0.05, 0) is 101 Å². The van der Waals surface area contributed by atoms with E-state index in [-0.39, 0.29) is 24.8 Å². The Morgan fingerprint density at radius 1 is 0.727 bits per heavy atom. The number of fused-ring (bicyclic) bond motifs is 3. The normalized spacial score (nSPS) is 14.4. The van der Waals surface area contributed by atoms with Crippen LogP contribution in [-0.4, -0.2) is 23.1 Å². The summed E-state index contributed by atoms with van der Waals surface area (Å²) in [5.41, 5.74) is 16.0. The number of carbonyl (C=O) groups excluding carboxylic acids is 2. The molecule has 0 aliphatic heterocycles. The summed E-state index contributed by atoms with van der Waals surface area (Å²) in [7, 11) is 0. The fraction of sp³-hybridized carbons (Fsp3) is 0.481. The Labute approximate surface area is 196 Å². The molecule has 33 heavy (non-hydrogen) atoms. The van der Waals surface area contributed by atoms with Crippen LogP contribution in [-0.2, 0) is 24.5 Å². The first-order valence-corrected chi connectivity index (χ1v) is 11.4. The van der Waals surface area contributed by atoms with Gasteiger partial charge in [-0.15, -0.1) is 0 Å². The standard InChI is InChI=1S/C27H36N2O4/c1-25(2,3)32-23(30)11-13-27(14-12-24(31)33-26(4,5)6)21-15-17(28)7-9-19(21)20-10-8-18(29)16-22(20)27/h7-10,15-16H,11-14,28-29H2,1-6H3. The average Bonchev–Trinajstić information content (AvgIpc) is 2.91. The van der Waals surface area contributed by atoms with Gasteiger partial charge in [-0.3, -0.25) is 9.59 Å². The van der Waals surface area contributed by atoms with E-state index in [1.54, 1.807) is 0 Å². The maximum absolute atomic E-state index is 12.7. The lowest BCUT2D eigenvalue weighted by Crippen LogP contribution is -2.31. The Hall–Kier alpha value is -3.02. The monoisotopic (exact) mass is 452 g/mol. The van der Waals surface area contributed by atoms with Crippen LogP contribution in [0.5, 0.6) is 0 Å². The van der Waals surface area contributed by atoms with Crippen LogP contribution in [0.15, 0.2) is 36.4 Å². The van der Waals surface area contributed by atoms with Gasteiger partial charge in [-0.2, -0.15) is 0 Å². The van der Waals surface area contributed by atoms with Crippen LogP contribution < -0.4 is 11.5 Å². The Kier molecular flexibility index (Phi) is 6.51. The first-order chi connectivity index (χ1) is 15.2. The predicted molar refractivity (Wildman–Crippen MR) is 132 cm³/mol. The molecular formula is C27H36N2O4. The smallest absolute Gasteiger partial charge is 0.306 e. The van der Waals surface area contributed by atoms with E-state index < -0.39 is 16.6 Å². The first-order valence-electron chi connectivity index (χ1n) is 11.4. The molecule has 6 heteroatoms. The largest absolute Gasteiger partial charge is 0.460 e. The van der Waals surface area contributed by atoms with Crippen LogP contribution >= 0.6 is 0 Å². The summed E-state index contributed by atoms with van der Waals surface area (Å²) < 4.78 is 11.2. The summed E-state index contributed by atoms with van der Waals surface area (Å²) in [6.45, 7) is 11.1. The second kappa shape index (κ2) is 8.73. The molecule has 2 aromatic carbocycles. The fourth-order valence-corrected chi connectivity index (χ4v) is 4.61. The molecule has 0 saturated heterocycles. The molecule has 0 saturated carbocycles. The van der Waals surface area contributed by atoms with E-state index >= 15 is 0 Å². The van der Waals surface area contributed by atoms with Gasteiger partial charge in [0.2, 0.25) is 0 Å². The van der Waals surface area contributed by atoms with Crippen LogP contribution in [0.4, 0.5) is 11.4 Å². The third kappa shape index (κ3) is 5.67. The predicted octanol–water partition coefficient (Wildman–Crippen LogP) is 5.36. The number of hydrogen-bond acceptors (Lipinski definition) is 6. The van der Waals surface area contributed by atoms with Crippen LogP contribution in [0.1, 0.15) is 78.4 Å². The molecule has 0 heterocycles. The van der Waals surface area contributed by atoms with Gasteiger partial charge in [-0.25, -0.2) is 0 Å². The minimum Gasteiger partial charge on any atom is -0.460 e. The minimum absolute atomic E-state index is 0.202. The SMILES string of the molecule is CC(C)(C)OC(=O)CCC1(CCC(=O)OC(C)(C)C)c2cc(N)ccc2-c2ccc(N)cc21. The molecule has 0 radical (unpaired) electrons. The van der Waals surface area contributed by atoms with E-state index in [1.807, 2.05) is 77.9 Å². The summed E-state index contributed by atoms with van der Waals surface area (Å²) in [5.74, 6) is -0.552. The first kappa shape index (κ1) is 24.6. The van der Waals surface area contributed by atoms with Gasteiger partial charge in [-0.1, -0.05) is 12.1 Å². The fourth-order valence-electron chi connectivity index (χ4n) is 4.61. The lowest BCUT2D eigenvalue weighted by atomic mass is 9.71. The summed E-state index contributed by atoms with van der Waals surface area (Å²) >= 11 is 0. The summed E-state index contributed by atoms with van der Waals surface area (Å²) in [5, 5.41) is 0. The van der Waals surface area contributed by atoms with Crippen LogP contribution in [0.2, 0.25) is 0 Å². The highest BCUT2D eigenvalue weighted by Crippen LogP contribution is 2.54. The summed E-state index contributed by atoms with van der Waals surface area (Å²) in [4.78, 5) is 25.4. The van der Waals surface area contributed by atoms with E-state index in [4.69, 9.17) is 20.9 Å². The molecule has 1 aliphatic carbocycles. The highest BCUT2D eigenvalue weighted by Gasteiger charge is 2.44. The van der Waals surface area contributed by atoms with E-state index in [1.165, 1.54) is 0 Å². The molecule has 0 fully saturated rings. The lowest BCUT2D eigenvalue weighted by molar-refractivity contribution is -0.155. The number of nitrogen functional groups attached to an aromatic ring is 2. The molecule has 0 bridgehead atoms. The highest BCUT2D eigenvalue weighted by molar-refractivity contribution is 5.85. The van der Waals surface area contributed by atoms with Crippen molar-refractivity contribution in [2.45, 2.75) is 83.8 Å². The van der Waals surface area contributed by atoms with Gasteiger partial charge < -0.3 is 20.9 Å². The number of ether oxygens (including phenoxy) is 2. The second-order valence-corrected chi connectivity index (χ2v) is 10.9. The number of benzene rings is 2. The molecule has 0 amide bonds. The molecule has 0 unspecified atom stereocenters. The van der Waals surface area contributed by atoms with Crippen LogP contribution in [0, 0.1) is 0 Å². The quantitative estimate of drug-likeness (QED) is 0.451. The van der Waals surface area contributed by atoms with Crippen molar-refractivity contribution in [3.8, 4) is 11.1 Å². The molecule has 0 atom stereocenters. The van der Waals surface area contributed by atoms with Gasteiger partial charge in [0.25, 0.3) is 0 Å². The lowest BCUT2D eigenvalue weighted by Gasteiger charge is -2.33. The van der Waals surface area contributed by atoms with Crippen molar-refractivity contribution >= 4 is 23.3 Å². The molecule has 4 N–H and O–H groups in total. The molecule has 0 aromatic heterocycles. The van der Waals surface area contributed by atoms with E-state index in [0.29, 0.717) is 24.2 Å². The van der Waals surface area contributed by atoms with Crippen molar-refractivity contribution in [3.05, 3.63) is 47.5 Å². The minimum atomic E-state index is -0.608. The second-order valence-electron chi connectivity index (χ2n) is 10.9. The third-order valence-corrected chi connectivity index (χ3v) is 5.76. The maximum atomic E-state index is 12.7. The van der Waals surface area contributed by atoms with Crippen molar-refractivity contribution in [2.24, 2.45) is 0 Å². The Bertz CT molecular complexity index is 975. The molecular weight excluding hydrogens is 416 g/mol. The van der Waals surface area contributed by atoms with Gasteiger partial charge >= 0.3 is 11.9 Å². The molecule has 2 aromatic rings. The number of carbonyl (C=O) groups is 2. The molecule has 6 nitrogen and oxygen atoms in total. The van der Waals surface area contributed by atoms with Crippen molar-refractivity contribution in [3.63, 3.8) is 0 Å². The zero-order valence-electron chi connectivity index (χ0n) is 20.6. The Balaban J connectivity index is 2.04. The molecule has 3 rings (SSSR count). The van der Waals surface area contributed by atoms with Gasteiger partial charge in [0.1, 0.15) is 11.2 Å². The highest BCUT2D eigenvalue weighted by atomic mass is 16.6. The number of esters is 2. The molecule has 1 aliphatic rings. The summed E-state index contributed by atoms with van der Waals surface area (Å²) in [6.07, 6.45) is 1.34. The van der Waals surface area contributed by atoms with Crippen molar-refractivity contribution < 1.29 is 19.1 Å². The van der Waals surface area contributed by atoms with E-state index in [9.17, 15) is 9.59 Å². The molecule has 0 spiro atoms.